The van der Waals surface area contributed by atoms with Crippen LogP contribution >= 0.6 is 11.6 Å². The summed E-state index contributed by atoms with van der Waals surface area (Å²) in [5.41, 5.74) is 3.82. The van der Waals surface area contributed by atoms with Gasteiger partial charge >= 0.3 is 5.97 Å². The SMILES string of the molecule is O=C(C[C@H]1N=C(N/N=C\c2ccccc2Cl)NC1=O)Nc1ccc(C(=O)O)cc1. The van der Waals surface area contributed by atoms with Gasteiger partial charge in [0.2, 0.25) is 11.9 Å². The molecule has 10 heteroatoms. The number of hydrazone groups is 1. The second-order valence-corrected chi connectivity index (χ2v) is 6.42. The van der Waals surface area contributed by atoms with Crippen LogP contribution in [-0.2, 0) is 9.59 Å². The van der Waals surface area contributed by atoms with Crippen molar-refractivity contribution in [3.8, 4) is 0 Å². The van der Waals surface area contributed by atoms with Crippen LogP contribution in [0.1, 0.15) is 22.3 Å². The number of carbonyl (C=O) groups excluding carboxylic acids is 2. The summed E-state index contributed by atoms with van der Waals surface area (Å²) < 4.78 is 0. The van der Waals surface area contributed by atoms with Crippen molar-refractivity contribution in [2.45, 2.75) is 12.5 Å². The fraction of sp³-hybridized carbons (Fsp3) is 0.105. The first kappa shape index (κ1) is 20.0. The Balaban J connectivity index is 1.54. The van der Waals surface area contributed by atoms with E-state index < -0.39 is 23.8 Å². The van der Waals surface area contributed by atoms with Crippen LogP contribution in [0.3, 0.4) is 0 Å². The molecule has 0 bridgehead atoms. The summed E-state index contributed by atoms with van der Waals surface area (Å²) in [6.45, 7) is 0. The van der Waals surface area contributed by atoms with Crippen LogP contribution in [0.5, 0.6) is 0 Å². The molecule has 1 aliphatic heterocycles. The van der Waals surface area contributed by atoms with Crippen molar-refractivity contribution in [3.05, 3.63) is 64.7 Å². The lowest BCUT2D eigenvalue weighted by Crippen LogP contribution is -2.35. The molecule has 3 rings (SSSR count). The number of hydrogen-bond acceptors (Lipinski definition) is 6. The van der Waals surface area contributed by atoms with Gasteiger partial charge in [-0.3, -0.25) is 14.9 Å². The standard InChI is InChI=1S/C19H16ClN5O4/c20-14-4-2-1-3-12(14)10-21-25-19-23-15(17(27)24-19)9-16(26)22-13-7-5-11(6-8-13)18(28)29/h1-8,10,15H,9H2,(H,22,26)(H,28,29)(H2,23,24,25,27)/b21-10-/t15-/m1/s1. The fourth-order valence-corrected chi connectivity index (χ4v) is 2.65. The normalized spacial score (nSPS) is 15.7. The minimum absolute atomic E-state index is 0.107. The van der Waals surface area contributed by atoms with Crippen LogP contribution < -0.4 is 16.1 Å². The Morgan fingerprint density at radius 3 is 2.62 bits per heavy atom. The first-order valence-corrected chi connectivity index (χ1v) is 8.85. The Morgan fingerprint density at radius 2 is 1.93 bits per heavy atom. The monoisotopic (exact) mass is 413 g/mol. The Hall–Kier alpha value is -3.72. The number of aliphatic imine (C=N–C) groups is 1. The van der Waals surface area contributed by atoms with Crippen molar-refractivity contribution in [2.24, 2.45) is 10.1 Å². The third-order valence-electron chi connectivity index (χ3n) is 3.90. The molecule has 1 heterocycles. The molecular weight excluding hydrogens is 398 g/mol. The quantitative estimate of drug-likeness (QED) is 0.423. The van der Waals surface area contributed by atoms with E-state index in [-0.39, 0.29) is 17.9 Å². The smallest absolute Gasteiger partial charge is 0.335 e. The Labute approximate surface area is 170 Å². The van der Waals surface area contributed by atoms with Gasteiger partial charge in [0.05, 0.1) is 18.2 Å². The van der Waals surface area contributed by atoms with Gasteiger partial charge in [0, 0.05) is 16.3 Å². The molecule has 0 spiro atoms. The van der Waals surface area contributed by atoms with Crippen LogP contribution in [-0.4, -0.2) is 41.1 Å². The molecule has 9 nitrogen and oxygen atoms in total. The lowest BCUT2D eigenvalue weighted by molar-refractivity contribution is -0.123. The number of amides is 2. The average Bonchev–Trinajstić information content (AvgIpc) is 3.03. The van der Waals surface area contributed by atoms with E-state index in [9.17, 15) is 14.4 Å². The maximum Gasteiger partial charge on any atom is 0.335 e. The summed E-state index contributed by atoms with van der Waals surface area (Å²) in [5.74, 6) is -1.80. The zero-order valence-electron chi connectivity index (χ0n) is 14.9. The molecule has 0 saturated heterocycles. The zero-order chi connectivity index (χ0) is 20.8. The summed E-state index contributed by atoms with van der Waals surface area (Å²) >= 11 is 6.02. The summed E-state index contributed by atoms with van der Waals surface area (Å²) in [6.07, 6.45) is 1.31. The number of benzene rings is 2. The molecule has 1 aliphatic rings. The van der Waals surface area contributed by atoms with Gasteiger partial charge in [-0.05, 0) is 30.3 Å². The van der Waals surface area contributed by atoms with Gasteiger partial charge in [0.25, 0.3) is 5.91 Å². The van der Waals surface area contributed by atoms with E-state index in [1.807, 2.05) is 6.07 Å². The molecule has 1 atom stereocenters. The minimum Gasteiger partial charge on any atom is -0.478 e. The maximum absolute atomic E-state index is 12.1. The molecule has 4 N–H and O–H groups in total. The molecule has 0 aliphatic carbocycles. The van der Waals surface area contributed by atoms with Crippen molar-refractivity contribution in [1.82, 2.24) is 10.7 Å². The molecule has 2 amide bonds. The van der Waals surface area contributed by atoms with Crippen molar-refractivity contribution in [1.29, 1.82) is 0 Å². The van der Waals surface area contributed by atoms with Gasteiger partial charge in [-0.15, -0.1) is 0 Å². The number of carboxylic acids is 1. The zero-order valence-corrected chi connectivity index (χ0v) is 15.7. The van der Waals surface area contributed by atoms with E-state index in [1.54, 1.807) is 18.2 Å². The van der Waals surface area contributed by atoms with Gasteiger partial charge in [-0.1, -0.05) is 29.8 Å². The topological polar surface area (TPSA) is 132 Å². The summed E-state index contributed by atoms with van der Waals surface area (Å²) in [6, 6.07) is 11.9. The first-order valence-electron chi connectivity index (χ1n) is 8.48. The molecule has 29 heavy (non-hydrogen) atoms. The number of anilines is 1. The van der Waals surface area contributed by atoms with Gasteiger partial charge in [-0.25, -0.2) is 15.2 Å². The molecule has 2 aromatic carbocycles. The van der Waals surface area contributed by atoms with E-state index in [0.29, 0.717) is 16.3 Å². The highest BCUT2D eigenvalue weighted by Gasteiger charge is 2.28. The molecular formula is C19H16ClN5O4. The van der Waals surface area contributed by atoms with Crippen molar-refractivity contribution in [3.63, 3.8) is 0 Å². The molecule has 0 fully saturated rings. The lowest BCUT2D eigenvalue weighted by atomic mass is 10.2. The van der Waals surface area contributed by atoms with Gasteiger partial charge in [0.15, 0.2) is 0 Å². The summed E-state index contributed by atoms with van der Waals surface area (Å²) in [5, 5.41) is 18.5. The molecule has 0 unspecified atom stereocenters. The van der Waals surface area contributed by atoms with Crippen molar-refractivity contribution >= 4 is 47.2 Å². The molecule has 2 aromatic rings. The van der Waals surface area contributed by atoms with E-state index in [1.165, 1.54) is 30.5 Å². The largest absolute Gasteiger partial charge is 0.478 e. The predicted molar refractivity (Wildman–Crippen MR) is 108 cm³/mol. The average molecular weight is 414 g/mol. The Bertz CT molecular complexity index is 1000. The second kappa shape index (κ2) is 8.98. The summed E-state index contributed by atoms with van der Waals surface area (Å²) in [4.78, 5) is 39.1. The number of nitrogens with one attached hydrogen (secondary N) is 3. The highest BCUT2D eigenvalue weighted by atomic mass is 35.5. The molecule has 0 radical (unpaired) electrons. The lowest BCUT2D eigenvalue weighted by Gasteiger charge is -2.07. The van der Waals surface area contributed by atoms with Gasteiger partial charge in [0.1, 0.15) is 6.04 Å². The summed E-state index contributed by atoms with van der Waals surface area (Å²) in [7, 11) is 0. The number of rotatable bonds is 6. The highest BCUT2D eigenvalue weighted by Crippen LogP contribution is 2.13. The Morgan fingerprint density at radius 1 is 1.21 bits per heavy atom. The predicted octanol–water partition coefficient (Wildman–Crippen LogP) is 1.84. The van der Waals surface area contributed by atoms with E-state index in [2.05, 4.69) is 26.2 Å². The number of halogens is 1. The van der Waals surface area contributed by atoms with Gasteiger partial charge < -0.3 is 10.4 Å². The number of carbonyl (C=O) groups is 3. The van der Waals surface area contributed by atoms with Crippen LogP contribution in [0.2, 0.25) is 5.02 Å². The fourth-order valence-electron chi connectivity index (χ4n) is 2.47. The van der Waals surface area contributed by atoms with Gasteiger partial charge in [-0.2, -0.15) is 5.10 Å². The maximum atomic E-state index is 12.1. The third kappa shape index (κ3) is 5.39. The number of nitrogens with zero attached hydrogens (tertiary/aromatic N) is 2. The molecule has 0 saturated carbocycles. The van der Waals surface area contributed by atoms with E-state index >= 15 is 0 Å². The highest BCUT2D eigenvalue weighted by molar-refractivity contribution is 6.33. The van der Waals surface area contributed by atoms with Crippen LogP contribution in [0.15, 0.2) is 58.6 Å². The first-order chi connectivity index (χ1) is 13.9. The van der Waals surface area contributed by atoms with Crippen LogP contribution in [0.4, 0.5) is 5.69 Å². The minimum atomic E-state index is -1.06. The van der Waals surface area contributed by atoms with Crippen molar-refractivity contribution in [2.75, 3.05) is 5.32 Å². The number of guanidine groups is 1. The number of hydrogen-bond donors (Lipinski definition) is 4. The molecule has 148 valence electrons. The number of carboxylic acid groups (broad SMARTS) is 1. The second-order valence-electron chi connectivity index (χ2n) is 6.01. The Kier molecular flexibility index (Phi) is 6.20. The third-order valence-corrected chi connectivity index (χ3v) is 4.25. The van der Waals surface area contributed by atoms with E-state index in [0.717, 1.165) is 0 Å². The van der Waals surface area contributed by atoms with E-state index in [4.69, 9.17) is 16.7 Å². The van der Waals surface area contributed by atoms with Crippen LogP contribution in [0, 0.1) is 0 Å². The van der Waals surface area contributed by atoms with Crippen LogP contribution in [0.25, 0.3) is 0 Å². The van der Waals surface area contributed by atoms with Crippen molar-refractivity contribution < 1.29 is 19.5 Å². The number of aromatic carboxylic acids is 1. The molecule has 0 aromatic heterocycles.